The molecule has 0 amide bonds. The molecule has 3 aliphatic rings. The van der Waals surface area contributed by atoms with Gasteiger partial charge in [-0.2, -0.15) is 8.78 Å². The van der Waals surface area contributed by atoms with Gasteiger partial charge in [0.25, 0.3) is 5.92 Å². The van der Waals surface area contributed by atoms with Crippen molar-refractivity contribution in [2.45, 2.75) is 141 Å². The van der Waals surface area contributed by atoms with Crippen LogP contribution in [0.1, 0.15) is 140 Å². The third-order valence-corrected chi connectivity index (χ3v) is 10.6. The topological polar surface area (TPSA) is 22.1 Å². The molecule has 2 fully saturated rings. The number of nitrogens with zero attached hydrogens (tertiary/aromatic N) is 1. The molecule has 5 rings (SSSR count). The number of rotatable bonds is 20. The Balaban J connectivity index is 1.10. The van der Waals surface area contributed by atoms with Gasteiger partial charge in [-0.05, 0) is 80.0 Å². The number of ether oxygens (including phenoxy) is 1. The van der Waals surface area contributed by atoms with Crippen LogP contribution in [-0.2, 0) is 12.3 Å². The van der Waals surface area contributed by atoms with Crippen molar-refractivity contribution in [1.82, 2.24) is 4.98 Å². The Hall–Kier alpha value is -2.18. The Morgan fingerprint density at radius 3 is 2.20 bits per heavy atom. The van der Waals surface area contributed by atoms with E-state index in [1.54, 1.807) is 0 Å². The summed E-state index contributed by atoms with van der Waals surface area (Å²) < 4.78 is 81.8. The van der Waals surface area contributed by atoms with E-state index < -0.39 is 35.0 Å². The minimum absolute atomic E-state index is 0.122. The predicted octanol–water partition coefficient (Wildman–Crippen LogP) is 12.1. The van der Waals surface area contributed by atoms with Gasteiger partial charge in [0, 0.05) is 11.5 Å². The van der Waals surface area contributed by atoms with Crippen LogP contribution in [0.4, 0.5) is 22.0 Å². The first-order chi connectivity index (χ1) is 21.8. The summed E-state index contributed by atoms with van der Waals surface area (Å²) in [6.07, 6.45) is 20.5. The maximum absolute atomic E-state index is 15.5. The zero-order valence-corrected chi connectivity index (χ0v) is 27.1. The largest absolute Gasteiger partial charge is 0.490 e. The van der Waals surface area contributed by atoms with Crippen molar-refractivity contribution >= 4 is 0 Å². The first kappa shape index (κ1) is 34.2. The van der Waals surface area contributed by atoms with Gasteiger partial charge in [0.2, 0.25) is 11.8 Å². The number of aromatic nitrogens is 1. The van der Waals surface area contributed by atoms with Gasteiger partial charge in [0.05, 0.1) is 17.9 Å². The predicted molar refractivity (Wildman–Crippen MR) is 170 cm³/mol. The number of alkyl halides is 2. The van der Waals surface area contributed by atoms with Crippen LogP contribution in [0.5, 0.6) is 5.75 Å². The summed E-state index contributed by atoms with van der Waals surface area (Å²) in [5, 5.41) is 0. The molecule has 1 aromatic carbocycles. The van der Waals surface area contributed by atoms with E-state index >= 15 is 17.6 Å². The summed E-state index contributed by atoms with van der Waals surface area (Å²) in [4.78, 5) is 3.72. The van der Waals surface area contributed by atoms with Gasteiger partial charge in [0.1, 0.15) is 0 Å². The molecule has 45 heavy (non-hydrogen) atoms. The van der Waals surface area contributed by atoms with Gasteiger partial charge >= 0.3 is 0 Å². The number of hydrogen-bond acceptors (Lipinski definition) is 2. The number of aryl methyl sites for hydroxylation is 1. The SMILES string of the molecule is CCC(CCCCCOc1ccc(-c2cc3c(c(F)n2)C(F)(F)C(CCCCCCCCCC2CC2)CC3)c(F)c1F)C1CC1. The van der Waals surface area contributed by atoms with Crippen LogP contribution in [-0.4, -0.2) is 11.6 Å². The van der Waals surface area contributed by atoms with Gasteiger partial charge in [0.15, 0.2) is 11.6 Å². The fourth-order valence-corrected chi connectivity index (χ4v) is 7.45. The van der Waals surface area contributed by atoms with E-state index in [9.17, 15) is 4.39 Å². The molecule has 0 aliphatic heterocycles. The van der Waals surface area contributed by atoms with Crippen molar-refractivity contribution in [3.8, 4) is 17.0 Å². The van der Waals surface area contributed by atoms with E-state index in [-0.39, 0.29) is 42.0 Å². The van der Waals surface area contributed by atoms with Crippen LogP contribution in [0, 0.1) is 41.3 Å². The third-order valence-electron chi connectivity index (χ3n) is 10.6. The normalized spacial score (nSPS) is 19.8. The van der Waals surface area contributed by atoms with Gasteiger partial charge in [-0.1, -0.05) is 96.8 Å². The van der Waals surface area contributed by atoms with E-state index in [1.165, 1.54) is 82.4 Å². The Morgan fingerprint density at radius 1 is 0.822 bits per heavy atom. The van der Waals surface area contributed by atoms with Crippen LogP contribution in [0.25, 0.3) is 11.3 Å². The number of pyridine rings is 1. The molecule has 0 bridgehead atoms. The number of fused-ring (bicyclic) bond motifs is 1. The summed E-state index contributed by atoms with van der Waals surface area (Å²) in [5.74, 6) is -5.49. The highest BCUT2D eigenvalue weighted by Crippen LogP contribution is 2.48. The lowest BCUT2D eigenvalue weighted by Crippen LogP contribution is -2.33. The van der Waals surface area contributed by atoms with Gasteiger partial charge in [-0.25, -0.2) is 18.2 Å². The molecule has 0 N–H and O–H groups in total. The van der Waals surface area contributed by atoms with E-state index in [0.717, 1.165) is 56.3 Å². The average molecular weight is 634 g/mol. The van der Waals surface area contributed by atoms with Gasteiger partial charge in [-0.3, -0.25) is 0 Å². The van der Waals surface area contributed by atoms with Crippen molar-refractivity contribution in [3.05, 3.63) is 46.9 Å². The maximum Gasteiger partial charge on any atom is 0.280 e. The molecule has 0 saturated heterocycles. The summed E-state index contributed by atoms with van der Waals surface area (Å²) >= 11 is 0. The summed E-state index contributed by atoms with van der Waals surface area (Å²) in [6, 6.07) is 3.90. The van der Waals surface area contributed by atoms with Crippen LogP contribution in [0.15, 0.2) is 18.2 Å². The molecule has 3 aliphatic carbocycles. The maximum atomic E-state index is 15.5. The monoisotopic (exact) mass is 633 g/mol. The molecule has 1 heterocycles. The second-order valence-electron chi connectivity index (χ2n) is 14.1. The molecule has 0 spiro atoms. The number of hydrogen-bond donors (Lipinski definition) is 0. The molecule has 0 radical (unpaired) electrons. The average Bonchev–Trinajstić information content (AvgIpc) is 3.94. The highest BCUT2D eigenvalue weighted by atomic mass is 19.3. The van der Waals surface area contributed by atoms with Crippen molar-refractivity contribution in [1.29, 1.82) is 0 Å². The number of halogens is 5. The molecular weight excluding hydrogens is 581 g/mol. The fraction of sp³-hybridized carbons (Fsp3) is 0.711. The molecule has 2 aromatic rings. The van der Waals surface area contributed by atoms with Crippen molar-refractivity contribution in [2.75, 3.05) is 6.61 Å². The van der Waals surface area contributed by atoms with Gasteiger partial charge < -0.3 is 4.74 Å². The second kappa shape index (κ2) is 16.1. The Morgan fingerprint density at radius 2 is 1.51 bits per heavy atom. The van der Waals surface area contributed by atoms with Crippen LogP contribution in [0.3, 0.4) is 0 Å². The molecule has 2 atom stereocenters. The smallest absolute Gasteiger partial charge is 0.280 e. The lowest BCUT2D eigenvalue weighted by Gasteiger charge is -2.33. The molecular formula is C38H52F5NO. The third kappa shape index (κ3) is 9.22. The lowest BCUT2D eigenvalue weighted by atomic mass is 9.78. The molecule has 2 saturated carbocycles. The standard InChI is InChI=1S/C38H52F5NO/c1-2-27(28-18-19-28)14-10-8-12-24-45-33-23-22-31(35(39)36(33)40)32-25-29-20-21-30(38(42,43)34(29)37(41)44-32)15-11-7-5-3-4-6-9-13-26-16-17-26/h22-23,25-28,30H,2-21,24H2,1H3. The highest BCUT2D eigenvalue weighted by Gasteiger charge is 2.48. The summed E-state index contributed by atoms with van der Waals surface area (Å²) in [6.45, 7) is 2.52. The van der Waals surface area contributed by atoms with Crippen LogP contribution < -0.4 is 4.74 Å². The van der Waals surface area contributed by atoms with Crippen LogP contribution >= 0.6 is 0 Å². The Bertz CT molecular complexity index is 1240. The number of unbranched alkanes of at least 4 members (excludes halogenated alkanes) is 8. The fourth-order valence-electron chi connectivity index (χ4n) is 7.45. The quantitative estimate of drug-likeness (QED) is 0.0822. The van der Waals surface area contributed by atoms with Gasteiger partial charge in [-0.15, -0.1) is 0 Å². The van der Waals surface area contributed by atoms with Crippen molar-refractivity contribution in [3.63, 3.8) is 0 Å². The summed E-state index contributed by atoms with van der Waals surface area (Å²) in [5.41, 5.74) is -0.995. The first-order valence-corrected chi connectivity index (χ1v) is 18.0. The molecule has 1 aromatic heterocycles. The van der Waals surface area contributed by atoms with Crippen LogP contribution in [0.2, 0.25) is 0 Å². The van der Waals surface area contributed by atoms with E-state index in [2.05, 4.69) is 11.9 Å². The Kier molecular flexibility index (Phi) is 12.2. The minimum Gasteiger partial charge on any atom is -0.490 e. The lowest BCUT2D eigenvalue weighted by molar-refractivity contribution is -0.0824. The van der Waals surface area contributed by atoms with E-state index in [1.807, 2.05) is 0 Å². The van der Waals surface area contributed by atoms with Crippen molar-refractivity contribution < 1.29 is 26.7 Å². The minimum atomic E-state index is -3.34. The molecule has 2 nitrogen and oxygen atoms in total. The van der Waals surface area contributed by atoms with E-state index in [4.69, 9.17) is 4.74 Å². The van der Waals surface area contributed by atoms with Crippen molar-refractivity contribution in [2.24, 2.45) is 23.7 Å². The van der Waals surface area contributed by atoms with E-state index in [0.29, 0.717) is 12.8 Å². The zero-order chi connectivity index (χ0) is 31.8. The Labute approximate surface area is 266 Å². The second-order valence-corrected chi connectivity index (χ2v) is 14.1. The molecule has 250 valence electrons. The summed E-state index contributed by atoms with van der Waals surface area (Å²) in [7, 11) is 0. The number of benzene rings is 1. The highest BCUT2D eigenvalue weighted by molar-refractivity contribution is 5.63. The zero-order valence-electron chi connectivity index (χ0n) is 27.1. The first-order valence-electron chi connectivity index (χ1n) is 18.0. The molecule has 7 heteroatoms. The molecule has 2 unspecified atom stereocenters.